The molecule has 0 saturated carbocycles. The number of rotatable bonds is 1. The second kappa shape index (κ2) is 5.66. The third-order valence-electron chi connectivity index (χ3n) is 3.78. The molecule has 2 bridgehead atoms. The molecule has 4 heteroatoms. The van der Waals surface area contributed by atoms with Crippen LogP contribution >= 0.6 is 0 Å². The van der Waals surface area contributed by atoms with E-state index < -0.39 is 0 Å². The van der Waals surface area contributed by atoms with Gasteiger partial charge in [0.25, 0.3) is 5.91 Å². The molecule has 1 amide bonds. The highest BCUT2D eigenvalue weighted by Crippen LogP contribution is 2.27. The lowest BCUT2D eigenvalue weighted by Crippen LogP contribution is -2.45. The molecule has 2 aliphatic rings. The second-order valence-corrected chi connectivity index (χ2v) is 5.25. The lowest BCUT2D eigenvalue weighted by Gasteiger charge is -2.32. The maximum absolute atomic E-state index is 12.5. The topological polar surface area (TPSA) is 55.6 Å². The van der Waals surface area contributed by atoms with E-state index in [1.807, 2.05) is 29.2 Å². The number of benzene rings is 1. The van der Waals surface area contributed by atoms with Crippen molar-refractivity contribution in [1.82, 2.24) is 4.90 Å². The van der Waals surface area contributed by atoms with Gasteiger partial charge in [0.1, 0.15) is 0 Å². The predicted octanol–water partition coefficient (Wildman–Crippen LogP) is 1.00. The molecule has 20 heavy (non-hydrogen) atoms. The normalized spacial score (nSPS) is 24.1. The number of nitrogens with zero attached hydrogens (tertiary/aromatic N) is 1. The van der Waals surface area contributed by atoms with Crippen molar-refractivity contribution in [2.45, 2.75) is 25.0 Å². The van der Waals surface area contributed by atoms with Crippen molar-refractivity contribution in [3.63, 3.8) is 0 Å². The van der Waals surface area contributed by atoms with E-state index in [0.717, 1.165) is 18.4 Å². The summed E-state index contributed by atoms with van der Waals surface area (Å²) in [6.45, 7) is 1.73. The maximum atomic E-state index is 12.5. The van der Waals surface area contributed by atoms with Crippen molar-refractivity contribution < 1.29 is 9.53 Å². The lowest BCUT2D eigenvalue weighted by molar-refractivity contribution is -0.0303. The Morgan fingerprint density at radius 1 is 1.35 bits per heavy atom. The first-order chi connectivity index (χ1) is 9.76. The average Bonchev–Trinajstić information content (AvgIpc) is 2.83. The number of morpholine rings is 1. The van der Waals surface area contributed by atoms with Gasteiger partial charge in [0.15, 0.2) is 0 Å². The summed E-state index contributed by atoms with van der Waals surface area (Å²) in [5, 5.41) is 0. The Balaban J connectivity index is 1.76. The number of hydrogen-bond acceptors (Lipinski definition) is 3. The fourth-order valence-electron chi connectivity index (χ4n) is 2.85. The predicted molar refractivity (Wildman–Crippen MR) is 76.2 cm³/mol. The van der Waals surface area contributed by atoms with Crippen LogP contribution in [0.15, 0.2) is 24.3 Å². The Hall–Kier alpha value is -1.83. The molecule has 0 aliphatic carbocycles. The Morgan fingerprint density at radius 3 is 2.80 bits per heavy atom. The summed E-state index contributed by atoms with van der Waals surface area (Å²) < 4.78 is 5.76. The van der Waals surface area contributed by atoms with Gasteiger partial charge in [-0.25, -0.2) is 0 Å². The smallest absolute Gasteiger partial charge is 0.254 e. The van der Waals surface area contributed by atoms with Crippen molar-refractivity contribution >= 4 is 5.91 Å². The maximum Gasteiger partial charge on any atom is 0.254 e. The van der Waals surface area contributed by atoms with E-state index in [1.165, 1.54) is 0 Å². The van der Waals surface area contributed by atoms with E-state index in [0.29, 0.717) is 25.2 Å². The molecule has 3 rings (SSSR count). The van der Waals surface area contributed by atoms with Gasteiger partial charge in [-0.2, -0.15) is 0 Å². The number of amides is 1. The fourth-order valence-corrected chi connectivity index (χ4v) is 2.85. The number of hydrogen-bond donors (Lipinski definition) is 1. The molecule has 0 spiro atoms. The molecule has 2 atom stereocenters. The average molecular weight is 270 g/mol. The van der Waals surface area contributed by atoms with Crippen LogP contribution in [0.1, 0.15) is 28.8 Å². The highest BCUT2D eigenvalue weighted by atomic mass is 16.5. The van der Waals surface area contributed by atoms with Crippen molar-refractivity contribution in [2.24, 2.45) is 5.73 Å². The SMILES string of the molecule is NCC#Cc1cccc(C(=O)N2CC3CCC(C2)O3)c1. The molecule has 4 nitrogen and oxygen atoms in total. The molecule has 2 N–H and O–H groups in total. The summed E-state index contributed by atoms with van der Waals surface area (Å²) in [6.07, 6.45) is 2.57. The largest absolute Gasteiger partial charge is 0.371 e. The molecule has 1 aromatic carbocycles. The summed E-state index contributed by atoms with van der Waals surface area (Å²) in [5.41, 5.74) is 6.89. The van der Waals surface area contributed by atoms with Crippen molar-refractivity contribution in [3.05, 3.63) is 35.4 Å². The van der Waals surface area contributed by atoms with Crippen LogP contribution in [0.4, 0.5) is 0 Å². The molecule has 2 saturated heterocycles. The van der Waals surface area contributed by atoms with Gasteiger partial charge in [0.05, 0.1) is 18.8 Å². The van der Waals surface area contributed by atoms with E-state index in [2.05, 4.69) is 11.8 Å². The molecule has 104 valence electrons. The van der Waals surface area contributed by atoms with Crippen LogP contribution in [-0.2, 0) is 4.74 Å². The first kappa shape index (κ1) is 13.2. The van der Waals surface area contributed by atoms with Crippen LogP contribution in [0.25, 0.3) is 0 Å². The molecular weight excluding hydrogens is 252 g/mol. The van der Waals surface area contributed by atoms with Crippen LogP contribution in [-0.4, -0.2) is 42.6 Å². The zero-order valence-electron chi connectivity index (χ0n) is 11.3. The molecule has 0 radical (unpaired) electrons. The van der Waals surface area contributed by atoms with Gasteiger partial charge in [-0.3, -0.25) is 4.79 Å². The van der Waals surface area contributed by atoms with Crippen molar-refractivity contribution in [2.75, 3.05) is 19.6 Å². The number of carbonyl (C=O) groups is 1. The van der Waals surface area contributed by atoms with E-state index >= 15 is 0 Å². The van der Waals surface area contributed by atoms with Gasteiger partial charge >= 0.3 is 0 Å². The minimum absolute atomic E-state index is 0.0709. The molecule has 2 unspecified atom stereocenters. The van der Waals surface area contributed by atoms with E-state index in [9.17, 15) is 4.79 Å². The minimum Gasteiger partial charge on any atom is -0.371 e. The Kier molecular flexibility index (Phi) is 3.72. The van der Waals surface area contributed by atoms with Gasteiger partial charge in [-0.15, -0.1) is 0 Å². The Morgan fingerprint density at radius 2 is 2.10 bits per heavy atom. The van der Waals surface area contributed by atoms with E-state index in [1.54, 1.807) is 0 Å². The molecule has 1 aromatic rings. The highest BCUT2D eigenvalue weighted by Gasteiger charge is 2.35. The van der Waals surface area contributed by atoms with Crippen LogP contribution < -0.4 is 5.73 Å². The fraction of sp³-hybridized carbons (Fsp3) is 0.438. The number of nitrogens with two attached hydrogens (primary N) is 1. The highest BCUT2D eigenvalue weighted by molar-refractivity contribution is 5.94. The summed E-state index contributed by atoms with van der Waals surface area (Å²) in [6, 6.07) is 7.43. The molecule has 2 heterocycles. The van der Waals surface area contributed by atoms with Crippen LogP contribution in [0.3, 0.4) is 0 Å². The van der Waals surface area contributed by atoms with Gasteiger partial charge in [0.2, 0.25) is 0 Å². The number of likely N-dealkylation sites (tertiary alicyclic amines) is 1. The zero-order valence-corrected chi connectivity index (χ0v) is 11.3. The Labute approximate surface area is 118 Å². The summed E-state index contributed by atoms with van der Waals surface area (Å²) in [7, 11) is 0. The molecule has 0 aromatic heterocycles. The van der Waals surface area contributed by atoms with Gasteiger partial charge in [-0.1, -0.05) is 17.9 Å². The lowest BCUT2D eigenvalue weighted by atomic mass is 10.1. The molecule has 2 aliphatic heterocycles. The van der Waals surface area contributed by atoms with Gasteiger partial charge in [-0.05, 0) is 31.0 Å². The first-order valence-electron chi connectivity index (χ1n) is 7.00. The van der Waals surface area contributed by atoms with Crippen LogP contribution in [0, 0.1) is 11.8 Å². The van der Waals surface area contributed by atoms with Crippen molar-refractivity contribution in [3.8, 4) is 11.8 Å². The second-order valence-electron chi connectivity index (χ2n) is 5.25. The minimum atomic E-state index is 0.0709. The quantitative estimate of drug-likeness (QED) is 0.775. The van der Waals surface area contributed by atoms with Crippen molar-refractivity contribution in [1.29, 1.82) is 0 Å². The third-order valence-corrected chi connectivity index (χ3v) is 3.78. The standard InChI is InChI=1S/C16H18N2O2/c17-8-2-4-12-3-1-5-13(9-12)16(19)18-10-14-6-7-15(11-18)20-14/h1,3,5,9,14-15H,6-8,10-11,17H2. The van der Waals surface area contributed by atoms with E-state index in [-0.39, 0.29) is 18.1 Å². The molecular formula is C16H18N2O2. The number of ether oxygens (including phenoxy) is 1. The molecule has 2 fully saturated rings. The third kappa shape index (κ3) is 2.69. The Bertz CT molecular complexity index is 561. The van der Waals surface area contributed by atoms with Gasteiger partial charge < -0.3 is 15.4 Å². The number of fused-ring (bicyclic) bond motifs is 2. The number of carbonyl (C=O) groups excluding carboxylic acids is 1. The first-order valence-corrected chi connectivity index (χ1v) is 7.00. The van der Waals surface area contributed by atoms with Crippen LogP contribution in [0.5, 0.6) is 0 Å². The monoisotopic (exact) mass is 270 g/mol. The zero-order chi connectivity index (χ0) is 13.9. The van der Waals surface area contributed by atoms with Crippen LogP contribution in [0.2, 0.25) is 0 Å². The summed E-state index contributed by atoms with van der Waals surface area (Å²) >= 11 is 0. The van der Waals surface area contributed by atoms with E-state index in [4.69, 9.17) is 10.5 Å². The summed E-state index contributed by atoms with van der Waals surface area (Å²) in [4.78, 5) is 14.4. The summed E-state index contributed by atoms with van der Waals surface area (Å²) in [5.74, 6) is 5.84. The van der Waals surface area contributed by atoms with Gasteiger partial charge in [0, 0.05) is 24.2 Å².